The summed E-state index contributed by atoms with van der Waals surface area (Å²) in [5.41, 5.74) is 0.907. The van der Waals surface area contributed by atoms with Crippen LogP contribution >= 0.6 is 0 Å². The van der Waals surface area contributed by atoms with E-state index < -0.39 is 12.1 Å². The second kappa shape index (κ2) is 12.9. The molecule has 0 aromatic carbocycles. The lowest BCUT2D eigenvalue weighted by Crippen LogP contribution is -2.47. The van der Waals surface area contributed by atoms with Gasteiger partial charge in [-0.1, -0.05) is 25.7 Å². The number of carboxylic acids is 1. The second-order valence-corrected chi connectivity index (χ2v) is 11.1. The van der Waals surface area contributed by atoms with Gasteiger partial charge in [-0.3, -0.25) is 9.69 Å². The number of rotatable bonds is 9. The standard InChI is InChI=1S/C28H44N2O6/c1-19(30(17-26(31)32)28(33)36-24-11-7-4-8-12-24)21-13-15-23(16-14-21)34-18-25-20(2)35-27(29-25)22-9-5-3-6-10-22/h19,21-24H,3-18H2,1-2H3,(H,31,32)/t19-,21?,23?/m0/s1. The van der Waals surface area contributed by atoms with Crippen LogP contribution in [0.3, 0.4) is 0 Å². The molecule has 0 aliphatic heterocycles. The van der Waals surface area contributed by atoms with E-state index in [4.69, 9.17) is 18.9 Å². The van der Waals surface area contributed by atoms with E-state index in [0.29, 0.717) is 12.5 Å². The average molecular weight is 505 g/mol. The predicted octanol–water partition coefficient (Wildman–Crippen LogP) is 6.35. The number of carbonyl (C=O) groups excluding carboxylic acids is 1. The smallest absolute Gasteiger partial charge is 0.410 e. The molecule has 4 rings (SSSR count). The van der Waals surface area contributed by atoms with E-state index in [2.05, 4.69) is 0 Å². The molecule has 202 valence electrons. The Bertz CT molecular complexity index is 850. The zero-order valence-electron chi connectivity index (χ0n) is 22.1. The summed E-state index contributed by atoms with van der Waals surface area (Å²) in [6, 6.07) is -0.186. The molecule has 1 aromatic rings. The van der Waals surface area contributed by atoms with Crippen LogP contribution in [0.25, 0.3) is 0 Å². The van der Waals surface area contributed by atoms with E-state index in [9.17, 15) is 14.7 Å². The van der Waals surface area contributed by atoms with Gasteiger partial charge in [0, 0.05) is 12.0 Å². The molecular weight excluding hydrogens is 460 g/mol. The number of aliphatic carboxylic acids is 1. The first-order chi connectivity index (χ1) is 17.4. The quantitative estimate of drug-likeness (QED) is 0.418. The normalized spacial score (nSPS) is 24.8. The van der Waals surface area contributed by atoms with Gasteiger partial charge in [0.25, 0.3) is 0 Å². The third kappa shape index (κ3) is 7.24. The predicted molar refractivity (Wildman–Crippen MR) is 135 cm³/mol. The molecule has 0 radical (unpaired) electrons. The molecule has 1 amide bonds. The molecule has 8 heteroatoms. The number of carbonyl (C=O) groups is 2. The molecule has 0 bridgehead atoms. The summed E-state index contributed by atoms with van der Waals surface area (Å²) in [4.78, 5) is 30.6. The molecule has 1 heterocycles. The maximum Gasteiger partial charge on any atom is 0.410 e. The van der Waals surface area contributed by atoms with E-state index in [0.717, 1.165) is 81.6 Å². The molecule has 0 spiro atoms. The van der Waals surface area contributed by atoms with E-state index in [1.54, 1.807) is 0 Å². The Morgan fingerprint density at radius 1 is 0.972 bits per heavy atom. The highest BCUT2D eigenvalue weighted by Crippen LogP contribution is 2.34. The van der Waals surface area contributed by atoms with Crippen LogP contribution in [0.15, 0.2) is 4.42 Å². The average Bonchev–Trinajstić information content (AvgIpc) is 3.27. The number of ether oxygens (including phenoxy) is 2. The topological polar surface area (TPSA) is 102 Å². The number of aryl methyl sites for hydroxylation is 1. The zero-order chi connectivity index (χ0) is 25.5. The largest absolute Gasteiger partial charge is 0.480 e. The summed E-state index contributed by atoms with van der Waals surface area (Å²) >= 11 is 0. The summed E-state index contributed by atoms with van der Waals surface area (Å²) in [5.74, 6) is 1.41. The maximum atomic E-state index is 12.9. The Hall–Kier alpha value is -2.09. The van der Waals surface area contributed by atoms with Gasteiger partial charge in [0.15, 0.2) is 5.89 Å². The van der Waals surface area contributed by atoms with E-state index in [-0.39, 0.29) is 30.7 Å². The molecule has 8 nitrogen and oxygen atoms in total. The Labute approximate surface area is 215 Å². The molecule has 1 aromatic heterocycles. The van der Waals surface area contributed by atoms with Crippen LogP contribution in [-0.2, 0) is 20.9 Å². The fourth-order valence-corrected chi connectivity index (χ4v) is 6.21. The lowest BCUT2D eigenvalue weighted by Gasteiger charge is -2.38. The lowest BCUT2D eigenvalue weighted by molar-refractivity contribution is -0.139. The molecular formula is C28H44N2O6. The third-order valence-corrected chi connectivity index (χ3v) is 8.57. The molecule has 3 saturated carbocycles. The first-order valence-corrected chi connectivity index (χ1v) is 14.2. The van der Waals surface area contributed by atoms with Crippen molar-refractivity contribution in [3.63, 3.8) is 0 Å². The minimum Gasteiger partial charge on any atom is -0.480 e. The van der Waals surface area contributed by atoms with Crippen molar-refractivity contribution in [2.75, 3.05) is 6.54 Å². The molecule has 0 unspecified atom stereocenters. The summed E-state index contributed by atoms with van der Waals surface area (Å²) in [6.45, 7) is 4.08. The maximum absolute atomic E-state index is 12.9. The van der Waals surface area contributed by atoms with Crippen LogP contribution in [0.4, 0.5) is 4.79 Å². The van der Waals surface area contributed by atoms with Crippen molar-refractivity contribution in [1.82, 2.24) is 9.88 Å². The first-order valence-electron chi connectivity index (χ1n) is 14.2. The molecule has 1 N–H and O–H groups in total. The third-order valence-electron chi connectivity index (χ3n) is 8.57. The number of hydrogen-bond acceptors (Lipinski definition) is 6. The minimum absolute atomic E-state index is 0.0857. The molecule has 3 fully saturated rings. The fourth-order valence-electron chi connectivity index (χ4n) is 6.21. The van der Waals surface area contributed by atoms with Crippen LogP contribution in [0.1, 0.15) is 120 Å². The number of oxazole rings is 1. The van der Waals surface area contributed by atoms with Gasteiger partial charge in [0.2, 0.25) is 0 Å². The fraction of sp³-hybridized carbons (Fsp3) is 0.821. The SMILES string of the molecule is Cc1oc(C2CCCCC2)nc1COC1CCC([C@H](C)N(CC(=O)O)C(=O)OC2CCCCC2)CC1. The van der Waals surface area contributed by atoms with E-state index in [1.807, 2.05) is 13.8 Å². The Balaban J connectivity index is 1.25. The first kappa shape index (κ1) is 27.0. The van der Waals surface area contributed by atoms with Crippen molar-refractivity contribution < 1.29 is 28.6 Å². The van der Waals surface area contributed by atoms with Crippen molar-refractivity contribution >= 4 is 12.1 Å². The second-order valence-electron chi connectivity index (χ2n) is 11.1. The van der Waals surface area contributed by atoms with Crippen LogP contribution in [-0.4, -0.2) is 51.8 Å². The van der Waals surface area contributed by atoms with Crippen LogP contribution in [0.2, 0.25) is 0 Å². The van der Waals surface area contributed by atoms with Crippen LogP contribution in [0.5, 0.6) is 0 Å². The van der Waals surface area contributed by atoms with Crippen LogP contribution in [0, 0.1) is 12.8 Å². The number of carboxylic acid groups (broad SMARTS) is 1. The molecule has 3 aliphatic carbocycles. The number of hydrogen-bond donors (Lipinski definition) is 1. The molecule has 36 heavy (non-hydrogen) atoms. The highest BCUT2D eigenvalue weighted by Gasteiger charge is 2.34. The summed E-state index contributed by atoms with van der Waals surface area (Å²) < 4.78 is 17.9. The van der Waals surface area contributed by atoms with Crippen molar-refractivity contribution in [3.8, 4) is 0 Å². The van der Waals surface area contributed by atoms with E-state index in [1.165, 1.54) is 30.6 Å². The van der Waals surface area contributed by atoms with Gasteiger partial charge in [-0.25, -0.2) is 9.78 Å². The van der Waals surface area contributed by atoms with Crippen molar-refractivity contribution in [2.24, 2.45) is 5.92 Å². The minimum atomic E-state index is -1.00. The Kier molecular flexibility index (Phi) is 9.68. The van der Waals surface area contributed by atoms with E-state index >= 15 is 0 Å². The number of nitrogens with zero attached hydrogens (tertiary/aromatic N) is 2. The van der Waals surface area contributed by atoms with Gasteiger partial charge in [-0.15, -0.1) is 0 Å². The van der Waals surface area contributed by atoms with Crippen LogP contribution < -0.4 is 0 Å². The highest BCUT2D eigenvalue weighted by atomic mass is 16.6. The summed E-state index contributed by atoms with van der Waals surface area (Å²) in [7, 11) is 0. The zero-order valence-corrected chi connectivity index (χ0v) is 22.1. The lowest BCUT2D eigenvalue weighted by atomic mass is 9.82. The van der Waals surface area contributed by atoms with Gasteiger partial charge < -0.3 is 19.0 Å². The highest BCUT2D eigenvalue weighted by molar-refractivity contribution is 5.77. The Morgan fingerprint density at radius 2 is 1.61 bits per heavy atom. The van der Waals surface area contributed by atoms with Gasteiger partial charge >= 0.3 is 12.1 Å². The molecule has 3 aliphatic rings. The van der Waals surface area contributed by atoms with Crippen molar-refractivity contribution in [2.45, 2.75) is 135 Å². The molecule has 1 atom stereocenters. The van der Waals surface area contributed by atoms with Gasteiger partial charge in [-0.2, -0.15) is 0 Å². The van der Waals surface area contributed by atoms with Gasteiger partial charge in [0.05, 0.1) is 12.7 Å². The summed E-state index contributed by atoms with van der Waals surface area (Å²) in [6.07, 6.45) is 14.3. The summed E-state index contributed by atoms with van der Waals surface area (Å²) in [5, 5.41) is 9.43. The van der Waals surface area contributed by atoms with Gasteiger partial charge in [-0.05, 0) is 84.0 Å². The van der Waals surface area contributed by atoms with Gasteiger partial charge in [0.1, 0.15) is 24.1 Å². The monoisotopic (exact) mass is 504 g/mol. The number of amides is 1. The Morgan fingerprint density at radius 3 is 2.25 bits per heavy atom. The molecule has 0 saturated heterocycles. The van der Waals surface area contributed by atoms with Crippen molar-refractivity contribution in [1.29, 1.82) is 0 Å². The number of aromatic nitrogens is 1. The van der Waals surface area contributed by atoms with Crippen molar-refractivity contribution in [3.05, 3.63) is 17.3 Å².